The molecule has 2 rings (SSSR count). The molecule has 0 saturated heterocycles. The first-order valence-electron chi connectivity index (χ1n) is 6.16. The van der Waals surface area contributed by atoms with Crippen LogP contribution in [0.3, 0.4) is 0 Å². The van der Waals surface area contributed by atoms with Crippen LogP contribution in [0.2, 0.25) is 0 Å². The number of aromatic nitrogens is 2. The van der Waals surface area contributed by atoms with Gasteiger partial charge in [-0.2, -0.15) is 18.2 Å². The van der Waals surface area contributed by atoms with Gasteiger partial charge in [0.15, 0.2) is 5.82 Å². The number of halogens is 3. The fourth-order valence-corrected chi connectivity index (χ4v) is 1.71. The molecule has 20 heavy (non-hydrogen) atoms. The fraction of sp³-hybridized carbons (Fsp3) is 0.385. The second-order valence-corrected chi connectivity index (χ2v) is 4.37. The average Bonchev–Trinajstić information content (AvgIpc) is 2.83. The maximum Gasteiger partial charge on any atom is 0.416 e. The molecule has 1 aromatic carbocycles. The number of hydrogen-bond acceptors (Lipinski definition) is 4. The third kappa shape index (κ3) is 3.80. The molecule has 2 N–H and O–H groups in total. The van der Waals surface area contributed by atoms with E-state index in [1.165, 1.54) is 12.1 Å². The molecule has 1 heterocycles. The minimum absolute atomic E-state index is 0.313. The molecule has 7 heteroatoms. The lowest BCUT2D eigenvalue weighted by Gasteiger charge is -2.06. The molecule has 0 atom stereocenters. The summed E-state index contributed by atoms with van der Waals surface area (Å²) in [5.74, 6) is 0.953. The van der Waals surface area contributed by atoms with E-state index in [0.29, 0.717) is 36.7 Å². The van der Waals surface area contributed by atoms with Gasteiger partial charge in [-0.05, 0) is 30.7 Å². The largest absolute Gasteiger partial charge is 0.416 e. The molecule has 0 bridgehead atoms. The van der Waals surface area contributed by atoms with Crippen LogP contribution in [0.1, 0.15) is 29.3 Å². The van der Waals surface area contributed by atoms with E-state index in [-0.39, 0.29) is 0 Å². The molecule has 0 aliphatic rings. The Morgan fingerprint density at radius 1 is 1.15 bits per heavy atom. The van der Waals surface area contributed by atoms with E-state index in [1.54, 1.807) is 0 Å². The zero-order valence-corrected chi connectivity index (χ0v) is 10.7. The van der Waals surface area contributed by atoms with Crippen molar-refractivity contribution in [1.29, 1.82) is 0 Å². The zero-order valence-electron chi connectivity index (χ0n) is 10.7. The predicted molar refractivity (Wildman–Crippen MR) is 65.9 cm³/mol. The summed E-state index contributed by atoms with van der Waals surface area (Å²) in [6, 6.07) is 4.90. The van der Waals surface area contributed by atoms with Crippen molar-refractivity contribution in [3.05, 3.63) is 47.1 Å². The van der Waals surface area contributed by atoms with E-state index < -0.39 is 11.7 Å². The lowest BCUT2D eigenvalue weighted by Crippen LogP contribution is -2.04. The zero-order chi connectivity index (χ0) is 14.6. The Kier molecular flexibility index (Phi) is 4.39. The Balaban J connectivity index is 2.01. The van der Waals surface area contributed by atoms with Crippen molar-refractivity contribution in [1.82, 2.24) is 10.1 Å². The molecule has 0 aliphatic heterocycles. The Morgan fingerprint density at radius 3 is 2.45 bits per heavy atom. The van der Waals surface area contributed by atoms with Gasteiger partial charge in [0, 0.05) is 6.42 Å². The molecule has 2 aromatic rings. The van der Waals surface area contributed by atoms with E-state index in [0.717, 1.165) is 18.6 Å². The highest BCUT2D eigenvalue weighted by molar-refractivity contribution is 5.26. The summed E-state index contributed by atoms with van der Waals surface area (Å²) in [6.07, 6.45) is -2.61. The van der Waals surface area contributed by atoms with Gasteiger partial charge < -0.3 is 10.3 Å². The Hall–Kier alpha value is -1.89. The number of nitrogens with zero attached hydrogens (tertiary/aromatic N) is 2. The molecule has 0 spiro atoms. The Labute approximate surface area is 113 Å². The second kappa shape index (κ2) is 6.04. The molecule has 1 aromatic heterocycles. The van der Waals surface area contributed by atoms with Crippen molar-refractivity contribution in [2.45, 2.75) is 25.4 Å². The van der Waals surface area contributed by atoms with E-state index in [9.17, 15) is 13.2 Å². The van der Waals surface area contributed by atoms with E-state index in [4.69, 9.17) is 10.3 Å². The van der Waals surface area contributed by atoms with Crippen LogP contribution in [0, 0.1) is 0 Å². The van der Waals surface area contributed by atoms with Crippen molar-refractivity contribution in [3.8, 4) is 0 Å². The molecule has 0 radical (unpaired) electrons. The van der Waals surface area contributed by atoms with Crippen molar-refractivity contribution in [2.75, 3.05) is 6.54 Å². The van der Waals surface area contributed by atoms with Crippen LogP contribution < -0.4 is 5.73 Å². The van der Waals surface area contributed by atoms with Crippen LogP contribution >= 0.6 is 0 Å². The highest BCUT2D eigenvalue weighted by Crippen LogP contribution is 2.29. The van der Waals surface area contributed by atoms with Gasteiger partial charge in [0.2, 0.25) is 5.89 Å². The summed E-state index contributed by atoms with van der Waals surface area (Å²) < 4.78 is 42.3. The minimum atomic E-state index is -4.32. The third-order valence-corrected chi connectivity index (χ3v) is 2.75. The van der Waals surface area contributed by atoms with Gasteiger partial charge in [0.05, 0.1) is 12.0 Å². The fourth-order valence-electron chi connectivity index (χ4n) is 1.71. The highest BCUT2D eigenvalue weighted by atomic mass is 19.4. The van der Waals surface area contributed by atoms with E-state index in [2.05, 4.69) is 10.1 Å². The number of alkyl halides is 3. The summed E-state index contributed by atoms with van der Waals surface area (Å²) in [5.41, 5.74) is 5.39. The lowest BCUT2D eigenvalue weighted by molar-refractivity contribution is -0.137. The quantitative estimate of drug-likeness (QED) is 0.917. The molecule has 108 valence electrons. The van der Waals surface area contributed by atoms with Crippen molar-refractivity contribution < 1.29 is 17.7 Å². The Bertz CT molecular complexity index is 549. The summed E-state index contributed by atoms with van der Waals surface area (Å²) in [5, 5.41) is 3.79. The van der Waals surface area contributed by atoms with Crippen LogP contribution in [0.25, 0.3) is 0 Å². The monoisotopic (exact) mass is 285 g/mol. The normalized spacial score (nSPS) is 11.8. The molecule has 0 fully saturated rings. The van der Waals surface area contributed by atoms with Crippen LogP contribution in [-0.2, 0) is 19.0 Å². The first-order chi connectivity index (χ1) is 9.49. The number of nitrogens with two attached hydrogens (primary N) is 1. The SMILES string of the molecule is NCCCc1noc(Cc2ccc(C(F)(F)F)cc2)n1. The van der Waals surface area contributed by atoms with Crippen molar-refractivity contribution in [2.24, 2.45) is 5.73 Å². The molecule has 0 unspecified atom stereocenters. The summed E-state index contributed by atoms with van der Waals surface area (Å²) in [4.78, 5) is 4.16. The van der Waals surface area contributed by atoms with Crippen LogP contribution in [0.4, 0.5) is 13.2 Å². The minimum Gasteiger partial charge on any atom is -0.339 e. The molecular formula is C13H14F3N3O. The van der Waals surface area contributed by atoms with Crippen LogP contribution in [-0.4, -0.2) is 16.7 Å². The third-order valence-electron chi connectivity index (χ3n) is 2.75. The molecule has 0 amide bonds. The van der Waals surface area contributed by atoms with E-state index >= 15 is 0 Å². The second-order valence-electron chi connectivity index (χ2n) is 4.37. The number of rotatable bonds is 5. The topological polar surface area (TPSA) is 64.9 Å². The van der Waals surface area contributed by atoms with Gasteiger partial charge in [-0.15, -0.1) is 0 Å². The first kappa shape index (κ1) is 14.5. The summed E-state index contributed by atoms with van der Waals surface area (Å²) >= 11 is 0. The average molecular weight is 285 g/mol. The van der Waals surface area contributed by atoms with E-state index in [1.807, 2.05) is 0 Å². The van der Waals surface area contributed by atoms with Gasteiger partial charge in [0.1, 0.15) is 0 Å². The molecule has 4 nitrogen and oxygen atoms in total. The predicted octanol–water partition coefficient (Wildman–Crippen LogP) is 2.57. The number of benzene rings is 1. The summed E-state index contributed by atoms with van der Waals surface area (Å²) in [7, 11) is 0. The number of aryl methyl sites for hydroxylation is 1. The standard InChI is InChI=1S/C13H14F3N3O/c14-13(15,16)10-5-3-9(4-6-10)8-12-18-11(19-20-12)2-1-7-17/h3-6H,1-2,7-8,17H2. The van der Waals surface area contributed by atoms with Gasteiger partial charge >= 0.3 is 6.18 Å². The highest BCUT2D eigenvalue weighted by Gasteiger charge is 2.29. The maximum atomic E-state index is 12.4. The first-order valence-corrected chi connectivity index (χ1v) is 6.16. The molecule has 0 saturated carbocycles. The summed E-state index contributed by atoms with van der Waals surface area (Å²) in [6.45, 7) is 0.544. The van der Waals surface area contributed by atoms with Gasteiger partial charge in [-0.3, -0.25) is 0 Å². The lowest BCUT2D eigenvalue weighted by atomic mass is 10.1. The smallest absolute Gasteiger partial charge is 0.339 e. The van der Waals surface area contributed by atoms with Crippen LogP contribution in [0.5, 0.6) is 0 Å². The van der Waals surface area contributed by atoms with Crippen molar-refractivity contribution >= 4 is 0 Å². The van der Waals surface area contributed by atoms with Crippen molar-refractivity contribution in [3.63, 3.8) is 0 Å². The van der Waals surface area contributed by atoms with Gasteiger partial charge in [0.25, 0.3) is 0 Å². The number of hydrogen-bond donors (Lipinski definition) is 1. The van der Waals surface area contributed by atoms with Gasteiger partial charge in [-0.1, -0.05) is 17.3 Å². The van der Waals surface area contributed by atoms with Gasteiger partial charge in [-0.25, -0.2) is 0 Å². The van der Waals surface area contributed by atoms with Crippen LogP contribution in [0.15, 0.2) is 28.8 Å². The Morgan fingerprint density at radius 2 is 1.85 bits per heavy atom. The maximum absolute atomic E-state index is 12.4. The molecular weight excluding hydrogens is 271 g/mol. The molecule has 0 aliphatic carbocycles.